The van der Waals surface area contributed by atoms with Crippen LogP contribution in [0.1, 0.15) is 29.9 Å². The molecule has 4 N–H and O–H groups in total. The molecule has 0 aliphatic rings. The van der Waals surface area contributed by atoms with Gasteiger partial charge in [-0.15, -0.1) is 0 Å². The van der Waals surface area contributed by atoms with E-state index in [2.05, 4.69) is 10.3 Å². The monoisotopic (exact) mass is 243 g/mol. The summed E-state index contributed by atoms with van der Waals surface area (Å²) in [6, 6.07) is 0. The maximum absolute atomic E-state index is 10.8. The van der Waals surface area contributed by atoms with Crippen LogP contribution in [0.3, 0.4) is 0 Å². The van der Waals surface area contributed by atoms with E-state index in [0.29, 0.717) is 5.13 Å². The summed E-state index contributed by atoms with van der Waals surface area (Å²) in [6.45, 7) is 3.58. The molecule has 0 saturated heterocycles. The SMILES string of the molecule is CC(C)(CC(N)=O)Nc1ncc(C(=O)O)s1. The lowest BCUT2D eigenvalue weighted by Crippen LogP contribution is -2.35. The maximum Gasteiger partial charge on any atom is 0.347 e. The molecule has 1 rings (SSSR count). The lowest BCUT2D eigenvalue weighted by atomic mass is 10.0. The molecule has 1 heterocycles. The minimum atomic E-state index is -1.02. The van der Waals surface area contributed by atoms with E-state index in [1.807, 2.05) is 0 Å². The first-order valence-corrected chi connectivity index (χ1v) is 5.37. The summed E-state index contributed by atoms with van der Waals surface area (Å²) in [5.74, 6) is -1.44. The van der Waals surface area contributed by atoms with E-state index in [9.17, 15) is 9.59 Å². The number of anilines is 1. The van der Waals surface area contributed by atoms with Crippen LogP contribution in [0.5, 0.6) is 0 Å². The summed E-state index contributed by atoms with van der Waals surface area (Å²) in [7, 11) is 0. The normalized spacial score (nSPS) is 11.1. The molecule has 1 aromatic heterocycles. The van der Waals surface area contributed by atoms with Crippen LogP contribution in [0.25, 0.3) is 0 Å². The zero-order valence-electron chi connectivity index (χ0n) is 8.98. The number of nitrogens with zero attached hydrogens (tertiary/aromatic N) is 1. The van der Waals surface area contributed by atoms with Crippen LogP contribution in [-0.4, -0.2) is 27.5 Å². The minimum Gasteiger partial charge on any atom is -0.477 e. The van der Waals surface area contributed by atoms with Crippen LogP contribution in [0.4, 0.5) is 5.13 Å². The summed E-state index contributed by atoms with van der Waals surface area (Å²) in [6.07, 6.45) is 1.42. The van der Waals surface area contributed by atoms with Gasteiger partial charge in [0.15, 0.2) is 5.13 Å². The van der Waals surface area contributed by atoms with Crippen molar-refractivity contribution >= 4 is 28.3 Å². The highest BCUT2D eigenvalue weighted by molar-refractivity contribution is 7.17. The number of hydrogen-bond donors (Lipinski definition) is 3. The molecule has 88 valence electrons. The van der Waals surface area contributed by atoms with E-state index >= 15 is 0 Å². The van der Waals surface area contributed by atoms with Gasteiger partial charge in [0, 0.05) is 12.0 Å². The van der Waals surface area contributed by atoms with Gasteiger partial charge in [0.2, 0.25) is 5.91 Å². The highest BCUT2D eigenvalue weighted by Crippen LogP contribution is 2.23. The van der Waals surface area contributed by atoms with Crippen LogP contribution in [0, 0.1) is 0 Å². The van der Waals surface area contributed by atoms with Gasteiger partial charge in [-0.25, -0.2) is 9.78 Å². The third kappa shape index (κ3) is 3.50. The quantitative estimate of drug-likeness (QED) is 0.712. The molecular weight excluding hydrogens is 230 g/mol. The topological polar surface area (TPSA) is 105 Å². The molecule has 0 aromatic carbocycles. The van der Waals surface area contributed by atoms with E-state index in [0.717, 1.165) is 11.3 Å². The Morgan fingerprint density at radius 1 is 1.62 bits per heavy atom. The average Bonchev–Trinajstić information content (AvgIpc) is 2.48. The highest BCUT2D eigenvalue weighted by Gasteiger charge is 2.22. The fraction of sp³-hybridized carbons (Fsp3) is 0.444. The number of nitrogens with one attached hydrogen (secondary N) is 1. The molecule has 0 spiro atoms. The van der Waals surface area contributed by atoms with Gasteiger partial charge < -0.3 is 16.2 Å². The Balaban J connectivity index is 2.72. The van der Waals surface area contributed by atoms with E-state index in [4.69, 9.17) is 10.8 Å². The Labute approximate surface area is 96.5 Å². The lowest BCUT2D eigenvalue weighted by molar-refractivity contribution is -0.118. The zero-order chi connectivity index (χ0) is 12.3. The number of primary amides is 1. The molecule has 1 amide bonds. The number of rotatable bonds is 5. The van der Waals surface area contributed by atoms with Crippen molar-refractivity contribution in [1.82, 2.24) is 4.98 Å². The van der Waals surface area contributed by atoms with Crippen LogP contribution in [-0.2, 0) is 4.79 Å². The first kappa shape index (κ1) is 12.4. The van der Waals surface area contributed by atoms with Crippen molar-refractivity contribution in [3.05, 3.63) is 11.1 Å². The average molecular weight is 243 g/mol. The van der Waals surface area contributed by atoms with Gasteiger partial charge in [-0.3, -0.25) is 4.79 Å². The van der Waals surface area contributed by atoms with Gasteiger partial charge >= 0.3 is 5.97 Å². The van der Waals surface area contributed by atoms with Crippen molar-refractivity contribution in [1.29, 1.82) is 0 Å². The fourth-order valence-electron chi connectivity index (χ4n) is 1.20. The van der Waals surface area contributed by atoms with Gasteiger partial charge in [0.25, 0.3) is 0 Å². The van der Waals surface area contributed by atoms with E-state index in [1.165, 1.54) is 6.20 Å². The molecule has 1 aromatic rings. The van der Waals surface area contributed by atoms with Gasteiger partial charge in [-0.1, -0.05) is 11.3 Å². The zero-order valence-corrected chi connectivity index (χ0v) is 9.80. The second-order valence-electron chi connectivity index (χ2n) is 3.99. The van der Waals surface area contributed by atoms with Crippen molar-refractivity contribution in [2.75, 3.05) is 5.32 Å². The predicted octanol–water partition coefficient (Wildman–Crippen LogP) is 0.907. The molecular formula is C9H13N3O3S. The minimum absolute atomic E-state index is 0.148. The van der Waals surface area contributed by atoms with E-state index in [-0.39, 0.29) is 11.3 Å². The fourth-order valence-corrected chi connectivity index (χ4v) is 2.03. The molecule has 0 aliphatic heterocycles. The Morgan fingerprint density at radius 3 is 2.69 bits per heavy atom. The Morgan fingerprint density at radius 2 is 2.25 bits per heavy atom. The molecule has 0 radical (unpaired) electrons. The Bertz CT molecular complexity index is 414. The first-order valence-electron chi connectivity index (χ1n) is 4.56. The Hall–Kier alpha value is -1.63. The number of hydrogen-bond acceptors (Lipinski definition) is 5. The highest BCUT2D eigenvalue weighted by atomic mass is 32.1. The van der Waals surface area contributed by atoms with Crippen molar-refractivity contribution in [3.63, 3.8) is 0 Å². The van der Waals surface area contributed by atoms with Crippen LogP contribution in [0.15, 0.2) is 6.20 Å². The van der Waals surface area contributed by atoms with Crippen molar-refractivity contribution < 1.29 is 14.7 Å². The second kappa shape index (κ2) is 4.48. The molecule has 16 heavy (non-hydrogen) atoms. The third-order valence-electron chi connectivity index (χ3n) is 1.78. The molecule has 0 saturated carbocycles. The summed E-state index contributed by atoms with van der Waals surface area (Å²) in [5, 5.41) is 12.1. The lowest BCUT2D eigenvalue weighted by Gasteiger charge is -2.24. The van der Waals surface area contributed by atoms with Crippen molar-refractivity contribution in [3.8, 4) is 0 Å². The number of carbonyl (C=O) groups excluding carboxylic acids is 1. The van der Waals surface area contributed by atoms with Gasteiger partial charge in [-0.05, 0) is 13.8 Å². The number of amides is 1. The summed E-state index contributed by atoms with van der Waals surface area (Å²) >= 11 is 1.02. The first-order chi connectivity index (χ1) is 7.30. The third-order valence-corrected chi connectivity index (χ3v) is 2.68. The van der Waals surface area contributed by atoms with E-state index < -0.39 is 17.4 Å². The molecule has 0 unspecified atom stereocenters. The number of aromatic carboxylic acids is 1. The summed E-state index contributed by atoms with van der Waals surface area (Å²) < 4.78 is 0. The van der Waals surface area contributed by atoms with Crippen LogP contribution >= 0.6 is 11.3 Å². The number of carbonyl (C=O) groups is 2. The van der Waals surface area contributed by atoms with Gasteiger partial charge in [0.1, 0.15) is 4.88 Å². The number of aromatic nitrogens is 1. The number of thiazole rings is 1. The molecule has 7 heteroatoms. The second-order valence-corrected chi connectivity index (χ2v) is 5.02. The summed E-state index contributed by atoms with van der Waals surface area (Å²) in [4.78, 5) is 25.5. The predicted molar refractivity (Wildman–Crippen MR) is 60.6 cm³/mol. The number of carboxylic acid groups (broad SMARTS) is 1. The standard InChI is InChI=1S/C9H13N3O3S/c1-9(2,3-6(10)13)12-8-11-4-5(16-8)7(14)15/h4H,3H2,1-2H3,(H2,10,13)(H,11,12)(H,14,15). The molecule has 0 aliphatic carbocycles. The molecule has 0 fully saturated rings. The smallest absolute Gasteiger partial charge is 0.347 e. The molecule has 0 bridgehead atoms. The van der Waals surface area contributed by atoms with Gasteiger partial charge in [0.05, 0.1) is 6.20 Å². The summed E-state index contributed by atoms with van der Waals surface area (Å²) in [5.41, 5.74) is 4.55. The molecule has 6 nitrogen and oxygen atoms in total. The largest absolute Gasteiger partial charge is 0.477 e. The van der Waals surface area contributed by atoms with Crippen LogP contribution < -0.4 is 11.1 Å². The Kier molecular flexibility index (Phi) is 3.48. The van der Waals surface area contributed by atoms with E-state index in [1.54, 1.807) is 13.8 Å². The van der Waals surface area contributed by atoms with Crippen LogP contribution in [0.2, 0.25) is 0 Å². The number of carboxylic acids is 1. The van der Waals surface area contributed by atoms with Crippen molar-refractivity contribution in [2.45, 2.75) is 25.8 Å². The number of nitrogens with two attached hydrogens (primary N) is 1. The molecule has 0 atom stereocenters. The maximum atomic E-state index is 10.8. The van der Waals surface area contributed by atoms with Crippen molar-refractivity contribution in [2.24, 2.45) is 5.73 Å². The van der Waals surface area contributed by atoms with Gasteiger partial charge in [-0.2, -0.15) is 0 Å².